The third kappa shape index (κ3) is 3.62. The Balaban J connectivity index is 1.62. The number of nitrogens with one attached hydrogen (secondary N) is 2. The highest BCUT2D eigenvalue weighted by Gasteiger charge is 2.44. The van der Waals surface area contributed by atoms with Gasteiger partial charge in [-0.05, 0) is 25.0 Å². The van der Waals surface area contributed by atoms with Gasteiger partial charge in [-0.2, -0.15) is 4.98 Å². The number of urea groups is 1. The molecule has 3 N–H and O–H groups in total. The fourth-order valence-electron chi connectivity index (χ4n) is 2.75. The summed E-state index contributed by atoms with van der Waals surface area (Å²) in [7, 11) is 0. The molecule has 0 atom stereocenters. The van der Waals surface area contributed by atoms with Gasteiger partial charge < -0.3 is 20.3 Å². The Morgan fingerprint density at radius 3 is 2.76 bits per heavy atom. The quantitative estimate of drug-likeness (QED) is 0.741. The van der Waals surface area contributed by atoms with Crippen molar-refractivity contribution in [1.29, 1.82) is 0 Å². The first kappa shape index (κ1) is 16.9. The summed E-state index contributed by atoms with van der Waals surface area (Å²) < 4.78 is 5.09. The summed E-state index contributed by atoms with van der Waals surface area (Å²) >= 11 is 0. The summed E-state index contributed by atoms with van der Waals surface area (Å²) in [6.45, 7) is 2.05. The van der Waals surface area contributed by atoms with Crippen LogP contribution in [-0.4, -0.2) is 33.8 Å². The van der Waals surface area contributed by atoms with E-state index in [1.54, 1.807) is 18.2 Å². The van der Waals surface area contributed by atoms with Crippen LogP contribution >= 0.6 is 0 Å². The highest BCUT2D eigenvalue weighted by atomic mass is 16.5. The van der Waals surface area contributed by atoms with Crippen molar-refractivity contribution in [2.45, 2.75) is 32.6 Å². The summed E-state index contributed by atoms with van der Waals surface area (Å²) in [5.74, 6) is 0.149. The van der Waals surface area contributed by atoms with E-state index in [1.165, 1.54) is 0 Å². The third-order valence-electron chi connectivity index (χ3n) is 4.50. The van der Waals surface area contributed by atoms with Crippen LogP contribution in [0.5, 0.6) is 0 Å². The molecule has 1 aromatic heterocycles. The average Bonchev–Trinajstić information content (AvgIpc) is 3.03. The van der Waals surface area contributed by atoms with E-state index in [2.05, 4.69) is 20.8 Å². The van der Waals surface area contributed by atoms with E-state index in [0.717, 1.165) is 12.0 Å². The number of rotatable bonds is 6. The molecule has 0 radical (unpaired) electrons. The minimum absolute atomic E-state index is 0.124. The predicted octanol–water partition coefficient (Wildman–Crippen LogP) is 2.68. The van der Waals surface area contributed by atoms with Gasteiger partial charge in [0.1, 0.15) is 0 Å². The molecule has 2 aromatic rings. The number of amides is 2. The molecule has 25 heavy (non-hydrogen) atoms. The van der Waals surface area contributed by atoms with Crippen molar-refractivity contribution in [2.75, 3.05) is 11.9 Å². The van der Waals surface area contributed by atoms with Gasteiger partial charge in [-0.15, -0.1) is 0 Å². The molecule has 0 unspecified atom stereocenters. The summed E-state index contributed by atoms with van der Waals surface area (Å²) in [4.78, 5) is 27.6. The lowest BCUT2D eigenvalue weighted by atomic mass is 9.69. The molecule has 0 aliphatic heterocycles. The van der Waals surface area contributed by atoms with Crippen LogP contribution in [-0.2, 0) is 11.2 Å². The first-order valence-corrected chi connectivity index (χ1v) is 8.24. The standard InChI is InChI=1S/C17H20N4O4/c1-2-13-20-14(21-25-13)11-5-3-6-12(9-11)19-16(24)18-10-17(15(22)23)7-4-8-17/h3,5-6,9H,2,4,7-8,10H2,1H3,(H,22,23)(H2,18,19,24). The zero-order valence-corrected chi connectivity index (χ0v) is 13.9. The van der Waals surface area contributed by atoms with E-state index in [0.29, 0.717) is 36.7 Å². The van der Waals surface area contributed by atoms with Crippen LogP contribution in [0.4, 0.5) is 10.5 Å². The fourth-order valence-corrected chi connectivity index (χ4v) is 2.75. The van der Waals surface area contributed by atoms with Crippen molar-refractivity contribution in [1.82, 2.24) is 15.5 Å². The molecule has 2 amide bonds. The highest BCUT2D eigenvalue weighted by molar-refractivity contribution is 5.90. The monoisotopic (exact) mass is 344 g/mol. The van der Waals surface area contributed by atoms with Gasteiger partial charge in [-0.3, -0.25) is 4.79 Å². The van der Waals surface area contributed by atoms with Crippen molar-refractivity contribution in [3.63, 3.8) is 0 Å². The van der Waals surface area contributed by atoms with Crippen molar-refractivity contribution >= 4 is 17.7 Å². The second-order valence-corrected chi connectivity index (χ2v) is 6.19. The number of hydrogen-bond acceptors (Lipinski definition) is 5. The number of hydrogen-bond donors (Lipinski definition) is 3. The molecule has 0 spiro atoms. The number of carbonyl (C=O) groups excluding carboxylic acids is 1. The van der Waals surface area contributed by atoms with Gasteiger partial charge in [0.25, 0.3) is 0 Å². The maximum atomic E-state index is 12.1. The van der Waals surface area contributed by atoms with Crippen molar-refractivity contribution in [3.05, 3.63) is 30.2 Å². The van der Waals surface area contributed by atoms with Crippen LogP contribution < -0.4 is 10.6 Å². The predicted molar refractivity (Wildman–Crippen MR) is 90.1 cm³/mol. The smallest absolute Gasteiger partial charge is 0.319 e. The molecule has 3 rings (SSSR count). The molecule has 1 fully saturated rings. The Kier molecular flexibility index (Phi) is 4.69. The molecule has 1 aliphatic carbocycles. The van der Waals surface area contributed by atoms with E-state index in [1.807, 2.05) is 13.0 Å². The summed E-state index contributed by atoms with van der Waals surface area (Å²) in [6.07, 6.45) is 2.71. The summed E-state index contributed by atoms with van der Waals surface area (Å²) in [5, 5.41) is 18.5. The van der Waals surface area contributed by atoms with Crippen molar-refractivity contribution in [3.8, 4) is 11.4 Å². The Labute approximate surface area is 144 Å². The average molecular weight is 344 g/mol. The Bertz CT molecular complexity index is 782. The molecular weight excluding hydrogens is 324 g/mol. The number of aliphatic carboxylic acids is 1. The topological polar surface area (TPSA) is 117 Å². The maximum absolute atomic E-state index is 12.1. The second kappa shape index (κ2) is 6.92. The zero-order chi connectivity index (χ0) is 17.9. The van der Waals surface area contributed by atoms with Gasteiger partial charge in [-0.25, -0.2) is 4.79 Å². The van der Waals surface area contributed by atoms with Crippen molar-refractivity contribution in [2.24, 2.45) is 5.41 Å². The Hall–Kier alpha value is -2.90. The zero-order valence-electron chi connectivity index (χ0n) is 13.9. The van der Waals surface area contributed by atoms with Crippen LogP contribution in [0.3, 0.4) is 0 Å². The van der Waals surface area contributed by atoms with E-state index >= 15 is 0 Å². The molecule has 1 aromatic carbocycles. The molecule has 1 aliphatic rings. The molecule has 8 nitrogen and oxygen atoms in total. The van der Waals surface area contributed by atoms with E-state index in [9.17, 15) is 14.7 Å². The van der Waals surface area contributed by atoms with Gasteiger partial charge in [0.2, 0.25) is 11.7 Å². The van der Waals surface area contributed by atoms with Crippen LogP contribution in [0.1, 0.15) is 32.1 Å². The molecule has 132 valence electrons. The number of carbonyl (C=O) groups is 2. The lowest BCUT2D eigenvalue weighted by Gasteiger charge is -2.37. The second-order valence-electron chi connectivity index (χ2n) is 6.19. The maximum Gasteiger partial charge on any atom is 0.319 e. The minimum Gasteiger partial charge on any atom is -0.481 e. The van der Waals surface area contributed by atoms with Crippen LogP contribution in [0, 0.1) is 5.41 Å². The van der Waals surface area contributed by atoms with Crippen molar-refractivity contribution < 1.29 is 19.2 Å². The van der Waals surface area contributed by atoms with Gasteiger partial charge in [0.15, 0.2) is 0 Å². The highest BCUT2D eigenvalue weighted by Crippen LogP contribution is 2.40. The lowest BCUT2D eigenvalue weighted by Crippen LogP contribution is -2.48. The summed E-state index contributed by atoms with van der Waals surface area (Å²) in [6, 6.07) is 6.63. The minimum atomic E-state index is -0.857. The first-order chi connectivity index (χ1) is 12.0. The van der Waals surface area contributed by atoms with Crippen LogP contribution in [0.25, 0.3) is 11.4 Å². The lowest BCUT2D eigenvalue weighted by molar-refractivity contribution is -0.153. The Morgan fingerprint density at radius 1 is 1.36 bits per heavy atom. The number of carboxylic acid groups (broad SMARTS) is 1. The molecule has 1 saturated carbocycles. The van der Waals surface area contributed by atoms with Crippen LogP contribution in [0.2, 0.25) is 0 Å². The number of carboxylic acids is 1. The molecule has 1 heterocycles. The van der Waals surface area contributed by atoms with E-state index in [4.69, 9.17) is 4.52 Å². The van der Waals surface area contributed by atoms with Gasteiger partial charge >= 0.3 is 12.0 Å². The molecule has 0 bridgehead atoms. The SMILES string of the molecule is CCc1nc(-c2cccc(NC(=O)NCC3(C(=O)O)CCC3)c2)no1. The normalized spacial score (nSPS) is 15.2. The largest absolute Gasteiger partial charge is 0.481 e. The van der Waals surface area contributed by atoms with Gasteiger partial charge in [0, 0.05) is 24.2 Å². The van der Waals surface area contributed by atoms with E-state index < -0.39 is 17.4 Å². The number of nitrogens with zero attached hydrogens (tertiary/aromatic N) is 2. The molecule has 0 saturated heterocycles. The fraction of sp³-hybridized carbons (Fsp3) is 0.412. The Morgan fingerprint density at radius 2 is 2.16 bits per heavy atom. The number of benzene rings is 1. The number of anilines is 1. The third-order valence-corrected chi connectivity index (χ3v) is 4.50. The number of aromatic nitrogens is 2. The number of aryl methyl sites for hydroxylation is 1. The summed E-state index contributed by atoms with van der Waals surface area (Å²) in [5.41, 5.74) is 0.471. The van der Waals surface area contributed by atoms with E-state index in [-0.39, 0.29) is 6.54 Å². The van der Waals surface area contributed by atoms with Gasteiger partial charge in [-0.1, -0.05) is 30.6 Å². The first-order valence-electron chi connectivity index (χ1n) is 8.24. The molecule has 8 heteroatoms. The van der Waals surface area contributed by atoms with Crippen LogP contribution in [0.15, 0.2) is 28.8 Å². The van der Waals surface area contributed by atoms with Gasteiger partial charge in [0.05, 0.1) is 5.41 Å². The molecular formula is C17H20N4O4.